The number of carbonyl (C=O) groups is 1. The maximum absolute atomic E-state index is 13.1. The monoisotopic (exact) mass is 338 g/mol. The van der Waals surface area contributed by atoms with Crippen molar-refractivity contribution in [2.45, 2.75) is 25.4 Å². The van der Waals surface area contributed by atoms with Gasteiger partial charge in [-0.2, -0.15) is 0 Å². The number of para-hydroxylation sites is 2. The summed E-state index contributed by atoms with van der Waals surface area (Å²) in [6, 6.07) is 15.1. The first kappa shape index (κ1) is 16.5. The van der Waals surface area contributed by atoms with Crippen molar-refractivity contribution >= 4 is 28.4 Å². The summed E-state index contributed by atoms with van der Waals surface area (Å²) in [5, 5.41) is 1.13. The number of nitrogens with zero attached hydrogens (tertiary/aromatic N) is 2. The van der Waals surface area contributed by atoms with Crippen LogP contribution in [0.5, 0.6) is 0 Å². The number of ketones is 1. The minimum absolute atomic E-state index is 0.0535. The van der Waals surface area contributed by atoms with Gasteiger partial charge in [-0.15, -0.1) is 0 Å². The summed E-state index contributed by atoms with van der Waals surface area (Å²) in [7, 11) is 0. The highest BCUT2D eigenvalue weighted by Gasteiger charge is 2.15. The molecule has 0 bridgehead atoms. The van der Waals surface area contributed by atoms with Crippen molar-refractivity contribution in [1.82, 2.24) is 9.55 Å². The molecule has 1 heterocycles. The summed E-state index contributed by atoms with van der Waals surface area (Å²) >= 11 is 1.30. The summed E-state index contributed by atoms with van der Waals surface area (Å²) in [5.74, 6) is 0.344. The molecule has 0 aliphatic heterocycles. The number of benzene rings is 2. The molecule has 1 aromatic heterocycles. The van der Waals surface area contributed by atoms with Crippen molar-refractivity contribution in [2.24, 2.45) is 0 Å². The van der Waals surface area contributed by atoms with Crippen LogP contribution < -0.4 is 5.56 Å². The third kappa shape index (κ3) is 3.12. The average Bonchev–Trinajstić information content (AvgIpc) is 2.60. The fourth-order valence-corrected chi connectivity index (χ4v) is 3.42. The number of hydrogen-bond donors (Lipinski definition) is 0. The van der Waals surface area contributed by atoms with E-state index in [2.05, 4.69) is 11.9 Å². The van der Waals surface area contributed by atoms with Crippen LogP contribution in [0.15, 0.2) is 58.5 Å². The lowest BCUT2D eigenvalue weighted by molar-refractivity contribution is -0.114. The standard InChI is InChI=1S/C19H18N2O2S/c1-3-14-8-4-7-11-17(14)21-18(23)15-9-5-6-10-16(15)20-19(21)24-12-13(2)22/h4-11H,3,12H2,1-2H3. The molecule has 0 unspecified atom stereocenters. The molecule has 4 nitrogen and oxygen atoms in total. The Bertz CT molecular complexity index is 963. The zero-order valence-corrected chi connectivity index (χ0v) is 14.5. The van der Waals surface area contributed by atoms with Crippen LogP contribution in [0.4, 0.5) is 0 Å². The molecule has 0 saturated carbocycles. The molecule has 0 aliphatic carbocycles. The molecule has 5 heteroatoms. The number of aromatic nitrogens is 2. The van der Waals surface area contributed by atoms with E-state index in [4.69, 9.17) is 0 Å². The Morgan fingerprint density at radius 3 is 2.58 bits per heavy atom. The lowest BCUT2D eigenvalue weighted by Crippen LogP contribution is -2.23. The Morgan fingerprint density at radius 2 is 1.83 bits per heavy atom. The van der Waals surface area contributed by atoms with Crippen LogP contribution in [-0.4, -0.2) is 21.1 Å². The summed E-state index contributed by atoms with van der Waals surface area (Å²) in [4.78, 5) is 29.1. The normalized spacial score (nSPS) is 10.9. The van der Waals surface area contributed by atoms with Gasteiger partial charge in [0.25, 0.3) is 5.56 Å². The number of thioether (sulfide) groups is 1. The highest BCUT2D eigenvalue weighted by Crippen LogP contribution is 2.23. The Kier molecular flexibility index (Phi) is 4.81. The van der Waals surface area contributed by atoms with E-state index in [0.717, 1.165) is 17.7 Å². The molecule has 0 spiro atoms. The summed E-state index contributed by atoms with van der Waals surface area (Å²) in [6.45, 7) is 3.59. The topological polar surface area (TPSA) is 52.0 Å². The van der Waals surface area contributed by atoms with Crippen molar-refractivity contribution in [1.29, 1.82) is 0 Å². The van der Waals surface area contributed by atoms with E-state index in [1.54, 1.807) is 10.6 Å². The highest BCUT2D eigenvalue weighted by molar-refractivity contribution is 7.99. The van der Waals surface area contributed by atoms with Gasteiger partial charge in [0.15, 0.2) is 5.16 Å². The number of fused-ring (bicyclic) bond motifs is 1. The first-order valence-electron chi connectivity index (χ1n) is 7.84. The van der Waals surface area contributed by atoms with Crippen molar-refractivity contribution in [2.75, 3.05) is 5.75 Å². The van der Waals surface area contributed by atoms with Crippen molar-refractivity contribution in [3.63, 3.8) is 0 Å². The molecule has 3 aromatic rings. The molecule has 2 aromatic carbocycles. The molecule has 0 fully saturated rings. The second-order valence-corrected chi connectivity index (χ2v) is 6.47. The molecule has 0 aliphatic rings. The third-order valence-electron chi connectivity index (χ3n) is 3.76. The molecule has 0 saturated heterocycles. The van der Waals surface area contributed by atoms with E-state index in [1.165, 1.54) is 18.7 Å². The van der Waals surface area contributed by atoms with Gasteiger partial charge in [0.1, 0.15) is 5.78 Å². The summed E-state index contributed by atoms with van der Waals surface area (Å²) < 4.78 is 1.63. The first-order valence-corrected chi connectivity index (χ1v) is 8.82. The molecular weight excluding hydrogens is 320 g/mol. The van der Waals surface area contributed by atoms with Crippen LogP contribution >= 0.6 is 11.8 Å². The summed E-state index contributed by atoms with van der Waals surface area (Å²) in [6.07, 6.45) is 0.812. The van der Waals surface area contributed by atoms with Gasteiger partial charge in [-0.3, -0.25) is 14.2 Å². The Labute approximate surface area is 144 Å². The van der Waals surface area contributed by atoms with Gasteiger partial charge in [-0.1, -0.05) is 49.0 Å². The number of rotatable bonds is 5. The smallest absolute Gasteiger partial charge is 0.266 e. The third-order valence-corrected chi connectivity index (χ3v) is 4.85. The molecule has 0 N–H and O–H groups in total. The Hall–Kier alpha value is -2.40. The fraction of sp³-hybridized carbons (Fsp3) is 0.211. The fourth-order valence-electron chi connectivity index (χ4n) is 2.62. The lowest BCUT2D eigenvalue weighted by atomic mass is 10.1. The number of carbonyl (C=O) groups excluding carboxylic acids is 1. The Balaban J connectivity index is 2.31. The molecule has 0 radical (unpaired) electrons. The lowest BCUT2D eigenvalue weighted by Gasteiger charge is -2.15. The molecule has 122 valence electrons. The second-order valence-electron chi connectivity index (χ2n) is 5.53. The molecular formula is C19H18N2O2S. The van der Waals surface area contributed by atoms with Crippen molar-refractivity contribution < 1.29 is 4.79 Å². The maximum Gasteiger partial charge on any atom is 0.266 e. The second kappa shape index (κ2) is 7.01. The van der Waals surface area contributed by atoms with Crippen LogP contribution in [0.25, 0.3) is 16.6 Å². The van der Waals surface area contributed by atoms with Gasteiger partial charge in [-0.05, 0) is 37.1 Å². The SMILES string of the molecule is CCc1ccccc1-n1c(SCC(C)=O)nc2ccccc2c1=O. The van der Waals surface area contributed by atoms with Crippen molar-refractivity contribution in [3.8, 4) is 5.69 Å². The Morgan fingerprint density at radius 1 is 1.12 bits per heavy atom. The zero-order valence-electron chi connectivity index (χ0n) is 13.7. The maximum atomic E-state index is 13.1. The number of aryl methyl sites for hydroxylation is 1. The molecule has 0 atom stereocenters. The van der Waals surface area contributed by atoms with E-state index in [0.29, 0.717) is 21.8 Å². The van der Waals surface area contributed by atoms with Crippen LogP contribution in [0.1, 0.15) is 19.4 Å². The van der Waals surface area contributed by atoms with Gasteiger partial charge >= 0.3 is 0 Å². The van der Waals surface area contributed by atoms with E-state index in [1.807, 2.05) is 42.5 Å². The predicted octanol–water partition coefficient (Wildman–Crippen LogP) is 3.63. The molecule has 0 amide bonds. The first-order chi connectivity index (χ1) is 11.6. The quantitative estimate of drug-likeness (QED) is 0.526. The van der Waals surface area contributed by atoms with Gasteiger partial charge < -0.3 is 0 Å². The number of Topliss-reactive ketones (excluding diaryl/α,β-unsaturated/α-hetero) is 1. The highest BCUT2D eigenvalue weighted by atomic mass is 32.2. The van der Waals surface area contributed by atoms with Crippen LogP contribution in [0.2, 0.25) is 0 Å². The van der Waals surface area contributed by atoms with Gasteiger partial charge in [0.05, 0.1) is 22.3 Å². The average molecular weight is 338 g/mol. The minimum atomic E-state index is -0.104. The summed E-state index contributed by atoms with van der Waals surface area (Å²) in [5.41, 5.74) is 2.45. The van der Waals surface area contributed by atoms with Gasteiger partial charge in [0.2, 0.25) is 0 Å². The largest absolute Gasteiger partial charge is 0.299 e. The van der Waals surface area contributed by atoms with Crippen LogP contribution in [-0.2, 0) is 11.2 Å². The van der Waals surface area contributed by atoms with Crippen LogP contribution in [0.3, 0.4) is 0 Å². The zero-order chi connectivity index (χ0) is 17.1. The van der Waals surface area contributed by atoms with E-state index in [-0.39, 0.29) is 11.3 Å². The van der Waals surface area contributed by atoms with Gasteiger partial charge in [0, 0.05) is 0 Å². The minimum Gasteiger partial charge on any atom is -0.299 e. The van der Waals surface area contributed by atoms with E-state index >= 15 is 0 Å². The van der Waals surface area contributed by atoms with E-state index in [9.17, 15) is 9.59 Å². The molecule has 3 rings (SSSR count). The van der Waals surface area contributed by atoms with Crippen LogP contribution in [0, 0.1) is 0 Å². The predicted molar refractivity (Wildman–Crippen MR) is 98.1 cm³/mol. The van der Waals surface area contributed by atoms with E-state index < -0.39 is 0 Å². The molecule has 24 heavy (non-hydrogen) atoms. The van der Waals surface area contributed by atoms with Gasteiger partial charge in [-0.25, -0.2) is 4.98 Å². The van der Waals surface area contributed by atoms with Crippen molar-refractivity contribution in [3.05, 3.63) is 64.4 Å². The number of hydrogen-bond acceptors (Lipinski definition) is 4.